The van der Waals surface area contributed by atoms with Gasteiger partial charge in [0.25, 0.3) is 0 Å². The summed E-state index contributed by atoms with van der Waals surface area (Å²) in [6.45, 7) is 7.68. The zero-order chi connectivity index (χ0) is 20.2. The molecule has 1 aromatic rings. The van der Waals surface area contributed by atoms with Crippen LogP contribution >= 0.6 is 24.0 Å². The van der Waals surface area contributed by atoms with E-state index in [2.05, 4.69) is 35.8 Å². The van der Waals surface area contributed by atoms with Gasteiger partial charge in [0.2, 0.25) is 0 Å². The summed E-state index contributed by atoms with van der Waals surface area (Å²) in [7, 11) is 0. The van der Waals surface area contributed by atoms with E-state index in [1.54, 1.807) is 0 Å². The molecule has 2 aliphatic rings. The summed E-state index contributed by atoms with van der Waals surface area (Å²) < 4.78 is 17.4. The standard InChI is InChI=1S/C23H37N3O3.HI/c1-2-24-23(25-13-7-14-27-17-19-12-15-28-18-19)26-16-20-8-3-6-11-22(20)29-21-9-4-5-10-21;/h3,6,8,11,19,21H,2,4-5,7,9-10,12-18H2,1H3,(H2,24,25,26);1H. The third-order valence-electron chi connectivity index (χ3n) is 5.46. The van der Waals surface area contributed by atoms with Crippen molar-refractivity contribution in [3.63, 3.8) is 0 Å². The molecule has 2 N–H and O–H groups in total. The summed E-state index contributed by atoms with van der Waals surface area (Å²) in [4.78, 5) is 4.76. The van der Waals surface area contributed by atoms with Crippen molar-refractivity contribution < 1.29 is 14.2 Å². The number of nitrogens with zero attached hydrogens (tertiary/aromatic N) is 1. The fourth-order valence-corrected chi connectivity index (χ4v) is 3.79. The van der Waals surface area contributed by atoms with Gasteiger partial charge in [-0.3, -0.25) is 0 Å². The first-order chi connectivity index (χ1) is 14.3. The number of para-hydroxylation sites is 1. The van der Waals surface area contributed by atoms with Crippen molar-refractivity contribution in [1.82, 2.24) is 10.6 Å². The van der Waals surface area contributed by atoms with Gasteiger partial charge >= 0.3 is 0 Å². The number of ether oxygens (including phenoxy) is 3. The van der Waals surface area contributed by atoms with Gasteiger partial charge in [-0.25, -0.2) is 4.99 Å². The molecular formula is C23H38IN3O3. The summed E-state index contributed by atoms with van der Waals surface area (Å²) in [5, 5.41) is 6.73. The van der Waals surface area contributed by atoms with Gasteiger partial charge in [0.1, 0.15) is 5.75 Å². The number of nitrogens with one attached hydrogen (secondary N) is 2. The largest absolute Gasteiger partial charge is 0.490 e. The van der Waals surface area contributed by atoms with Crippen LogP contribution in [0.1, 0.15) is 51.0 Å². The second kappa shape index (κ2) is 14.9. The highest BCUT2D eigenvalue weighted by Crippen LogP contribution is 2.27. The van der Waals surface area contributed by atoms with Gasteiger partial charge in [0.05, 0.1) is 25.9 Å². The van der Waals surface area contributed by atoms with Crippen LogP contribution in [0, 0.1) is 5.92 Å². The predicted octanol–water partition coefficient (Wildman–Crippen LogP) is 4.12. The van der Waals surface area contributed by atoms with Crippen LogP contribution in [0.5, 0.6) is 5.75 Å². The number of benzene rings is 1. The lowest BCUT2D eigenvalue weighted by Gasteiger charge is -2.16. The van der Waals surface area contributed by atoms with Crippen molar-refractivity contribution in [2.75, 3.05) is 39.5 Å². The lowest BCUT2D eigenvalue weighted by Crippen LogP contribution is -2.38. The number of halogens is 1. The van der Waals surface area contributed by atoms with Crippen molar-refractivity contribution in [2.45, 2.75) is 58.1 Å². The lowest BCUT2D eigenvalue weighted by atomic mass is 10.1. The highest BCUT2D eigenvalue weighted by molar-refractivity contribution is 14.0. The first-order valence-electron chi connectivity index (χ1n) is 11.3. The summed E-state index contributed by atoms with van der Waals surface area (Å²) in [6, 6.07) is 8.27. The van der Waals surface area contributed by atoms with Crippen molar-refractivity contribution in [3.8, 4) is 5.75 Å². The van der Waals surface area contributed by atoms with Gasteiger partial charge in [-0.1, -0.05) is 18.2 Å². The Morgan fingerprint density at radius 3 is 2.77 bits per heavy atom. The van der Waals surface area contributed by atoms with E-state index < -0.39 is 0 Å². The van der Waals surface area contributed by atoms with Crippen LogP contribution < -0.4 is 15.4 Å². The molecule has 0 bridgehead atoms. The molecule has 170 valence electrons. The van der Waals surface area contributed by atoms with Crippen molar-refractivity contribution in [3.05, 3.63) is 29.8 Å². The van der Waals surface area contributed by atoms with Crippen LogP contribution in [-0.4, -0.2) is 51.6 Å². The zero-order valence-corrected chi connectivity index (χ0v) is 20.6. The number of hydrogen-bond acceptors (Lipinski definition) is 4. The molecule has 0 aromatic heterocycles. The molecule has 1 unspecified atom stereocenters. The average molecular weight is 531 g/mol. The minimum absolute atomic E-state index is 0. The van der Waals surface area contributed by atoms with Gasteiger partial charge in [-0.15, -0.1) is 24.0 Å². The number of aliphatic imine (C=N–C) groups is 1. The molecular weight excluding hydrogens is 493 g/mol. The van der Waals surface area contributed by atoms with E-state index in [9.17, 15) is 0 Å². The summed E-state index contributed by atoms with van der Waals surface area (Å²) >= 11 is 0. The Morgan fingerprint density at radius 2 is 2.00 bits per heavy atom. The van der Waals surface area contributed by atoms with E-state index in [1.807, 2.05) is 6.07 Å². The van der Waals surface area contributed by atoms with Crippen molar-refractivity contribution in [1.29, 1.82) is 0 Å². The first-order valence-corrected chi connectivity index (χ1v) is 11.3. The van der Waals surface area contributed by atoms with E-state index in [1.165, 1.54) is 12.8 Å². The van der Waals surface area contributed by atoms with Gasteiger partial charge in [0.15, 0.2) is 5.96 Å². The molecule has 1 saturated carbocycles. The fourth-order valence-electron chi connectivity index (χ4n) is 3.79. The topological polar surface area (TPSA) is 64.1 Å². The number of rotatable bonds is 11. The summed E-state index contributed by atoms with van der Waals surface area (Å²) in [5.41, 5.74) is 1.14. The molecule has 1 aromatic carbocycles. The molecule has 3 rings (SSSR count). The lowest BCUT2D eigenvalue weighted by molar-refractivity contribution is 0.0888. The second-order valence-corrected chi connectivity index (χ2v) is 7.91. The van der Waals surface area contributed by atoms with E-state index in [0.29, 0.717) is 18.6 Å². The smallest absolute Gasteiger partial charge is 0.191 e. The highest BCUT2D eigenvalue weighted by Gasteiger charge is 2.18. The average Bonchev–Trinajstić information content (AvgIpc) is 3.44. The van der Waals surface area contributed by atoms with Crippen LogP contribution in [0.4, 0.5) is 0 Å². The van der Waals surface area contributed by atoms with Crippen molar-refractivity contribution >= 4 is 29.9 Å². The van der Waals surface area contributed by atoms with Crippen LogP contribution in [-0.2, 0) is 16.0 Å². The molecule has 1 atom stereocenters. The molecule has 0 radical (unpaired) electrons. The molecule has 30 heavy (non-hydrogen) atoms. The highest BCUT2D eigenvalue weighted by atomic mass is 127. The normalized spacial score (nSPS) is 19.5. The minimum atomic E-state index is 0. The van der Waals surface area contributed by atoms with Gasteiger partial charge in [-0.2, -0.15) is 0 Å². The van der Waals surface area contributed by atoms with Gasteiger partial charge in [0, 0.05) is 37.8 Å². The number of hydrogen-bond donors (Lipinski definition) is 2. The minimum Gasteiger partial charge on any atom is -0.490 e. The van der Waals surface area contributed by atoms with Crippen LogP contribution in [0.3, 0.4) is 0 Å². The first kappa shape index (κ1) is 25.2. The Bertz CT molecular complexity index is 617. The molecule has 6 nitrogen and oxygen atoms in total. The number of guanidine groups is 1. The zero-order valence-electron chi connectivity index (χ0n) is 18.2. The predicted molar refractivity (Wildman–Crippen MR) is 132 cm³/mol. The SMILES string of the molecule is CCNC(=NCc1ccccc1OC1CCCC1)NCCCOCC1CCOC1.I. The Kier molecular flexibility index (Phi) is 12.5. The Morgan fingerprint density at radius 1 is 1.17 bits per heavy atom. The van der Waals surface area contributed by atoms with E-state index in [0.717, 1.165) is 82.5 Å². The van der Waals surface area contributed by atoms with Crippen LogP contribution in [0.2, 0.25) is 0 Å². The van der Waals surface area contributed by atoms with Gasteiger partial charge < -0.3 is 24.8 Å². The molecule has 0 amide bonds. The maximum atomic E-state index is 6.23. The van der Waals surface area contributed by atoms with Gasteiger partial charge in [-0.05, 0) is 51.5 Å². The van der Waals surface area contributed by atoms with E-state index in [4.69, 9.17) is 19.2 Å². The monoisotopic (exact) mass is 531 g/mol. The molecule has 0 spiro atoms. The third kappa shape index (κ3) is 8.98. The van der Waals surface area contributed by atoms with Crippen LogP contribution in [0.25, 0.3) is 0 Å². The fraction of sp³-hybridized carbons (Fsp3) is 0.696. The summed E-state index contributed by atoms with van der Waals surface area (Å²) in [6.07, 6.45) is 7.33. The van der Waals surface area contributed by atoms with E-state index in [-0.39, 0.29) is 24.0 Å². The molecule has 1 aliphatic heterocycles. The van der Waals surface area contributed by atoms with Crippen LogP contribution in [0.15, 0.2) is 29.3 Å². The van der Waals surface area contributed by atoms with Crippen molar-refractivity contribution in [2.24, 2.45) is 10.9 Å². The Balaban J connectivity index is 0.00000320. The molecule has 7 heteroatoms. The third-order valence-corrected chi connectivity index (χ3v) is 5.46. The Labute approximate surface area is 198 Å². The maximum Gasteiger partial charge on any atom is 0.191 e. The maximum absolute atomic E-state index is 6.23. The molecule has 2 fully saturated rings. The molecule has 1 heterocycles. The second-order valence-electron chi connectivity index (χ2n) is 7.91. The van der Waals surface area contributed by atoms with E-state index >= 15 is 0 Å². The molecule has 1 saturated heterocycles. The Hall–Kier alpha value is -1.06. The molecule has 1 aliphatic carbocycles. The summed E-state index contributed by atoms with van der Waals surface area (Å²) in [5.74, 6) is 2.39. The quantitative estimate of drug-likeness (QED) is 0.195.